The molecule has 5 rings (SSSR count). The summed E-state index contributed by atoms with van der Waals surface area (Å²) in [7, 11) is 0. The molecule has 0 saturated carbocycles. The molecule has 0 bridgehead atoms. The molecule has 0 radical (unpaired) electrons. The number of hydrogen-bond acceptors (Lipinski definition) is 6. The van der Waals surface area contributed by atoms with Gasteiger partial charge in [0.05, 0.1) is 0 Å². The topological polar surface area (TPSA) is 100 Å². The molecule has 0 unspecified atom stereocenters. The van der Waals surface area contributed by atoms with Crippen molar-refractivity contribution in [1.82, 2.24) is 10.2 Å². The number of nitrogens with one attached hydrogen (secondary N) is 2. The number of benzene rings is 2. The molecule has 178 valence electrons. The van der Waals surface area contributed by atoms with E-state index in [0.29, 0.717) is 36.0 Å². The third-order valence-corrected chi connectivity index (χ3v) is 6.57. The highest BCUT2D eigenvalue weighted by molar-refractivity contribution is 6.10. The standard InChI is InChI=1S/C25H28N4O5/c1-25(17-5-10-20-21(15-17)34-14-13-33-20)23(31)29(24(32)27-25)16-22(30)26-18-6-8-19(9-7-18)28-11-3-2-4-12-28/h5-10,15H,2-4,11-14,16H2,1H3,(H,26,30)(H,27,32)/t25-/m0/s1. The number of nitrogens with zero attached hydrogens (tertiary/aromatic N) is 2. The van der Waals surface area contributed by atoms with Crippen LogP contribution in [0, 0.1) is 0 Å². The second-order valence-electron chi connectivity index (χ2n) is 8.95. The lowest BCUT2D eigenvalue weighted by atomic mass is 9.91. The van der Waals surface area contributed by atoms with Crippen LogP contribution in [0.1, 0.15) is 31.7 Å². The van der Waals surface area contributed by atoms with Crippen molar-refractivity contribution in [2.45, 2.75) is 31.7 Å². The number of hydrogen-bond donors (Lipinski definition) is 2. The maximum absolute atomic E-state index is 13.2. The van der Waals surface area contributed by atoms with Crippen LogP contribution in [0.25, 0.3) is 0 Å². The average Bonchev–Trinajstić information content (AvgIpc) is 3.08. The normalized spacial score (nSPS) is 21.9. The molecule has 4 amide bonds. The van der Waals surface area contributed by atoms with E-state index in [-0.39, 0.29) is 6.54 Å². The van der Waals surface area contributed by atoms with Crippen molar-refractivity contribution < 1.29 is 23.9 Å². The van der Waals surface area contributed by atoms with E-state index in [1.807, 2.05) is 24.3 Å². The van der Waals surface area contributed by atoms with Crippen molar-refractivity contribution in [3.05, 3.63) is 48.0 Å². The van der Waals surface area contributed by atoms with Crippen molar-refractivity contribution in [2.75, 3.05) is 43.1 Å². The van der Waals surface area contributed by atoms with Gasteiger partial charge in [-0.15, -0.1) is 0 Å². The number of amides is 4. The summed E-state index contributed by atoms with van der Waals surface area (Å²) in [5, 5.41) is 5.50. The average molecular weight is 465 g/mol. The minimum absolute atomic E-state index is 0.376. The Morgan fingerprint density at radius 1 is 1.00 bits per heavy atom. The highest BCUT2D eigenvalue weighted by Gasteiger charge is 2.49. The van der Waals surface area contributed by atoms with E-state index in [1.54, 1.807) is 25.1 Å². The SMILES string of the molecule is C[C@@]1(c2ccc3c(c2)OCCO3)NC(=O)N(CC(=O)Nc2ccc(N3CCCCC3)cc2)C1=O. The first kappa shape index (κ1) is 22.1. The first-order chi connectivity index (χ1) is 16.4. The molecule has 2 fully saturated rings. The summed E-state index contributed by atoms with van der Waals surface area (Å²) in [6.45, 7) is 4.20. The lowest BCUT2D eigenvalue weighted by molar-refractivity contribution is -0.133. The predicted molar refractivity (Wildman–Crippen MR) is 126 cm³/mol. The molecule has 1 atom stereocenters. The van der Waals surface area contributed by atoms with Crippen molar-refractivity contribution in [2.24, 2.45) is 0 Å². The van der Waals surface area contributed by atoms with Gasteiger partial charge in [0.2, 0.25) is 5.91 Å². The molecule has 0 aliphatic carbocycles. The third kappa shape index (κ3) is 4.13. The Hall–Kier alpha value is -3.75. The monoisotopic (exact) mass is 464 g/mol. The number of anilines is 2. The smallest absolute Gasteiger partial charge is 0.325 e. The van der Waals surface area contributed by atoms with E-state index in [9.17, 15) is 14.4 Å². The Morgan fingerprint density at radius 2 is 1.71 bits per heavy atom. The summed E-state index contributed by atoms with van der Waals surface area (Å²) in [4.78, 5) is 41.7. The molecule has 34 heavy (non-hydrogen) atoms. The van der Waals surface area contributed by atoms with Crippen LogP contribution in [0.5, 0.6) is 11.5 Å². The first-order valence-electron chi connectivity index (χ1n) is 11.6. The second-order valence-corrected chi connectivity index (χ2v) is 8.95. The Bertz CT molecular complexity index is 1110. The number of carbonyl (C=O) groups excluding carboxylic acids is 3. The van der Waals surface area contributed by atoms with Crippen LogP contribution < -0.4 is 25.0 Å². The molecular weight excluding hydrogens is 436 g/mol. The largest absolute Gasteiger partial charge is 0.486 e. The number of carbonyl (C=O) groups is 3. The van der Waals surface area contributed by atoms with E-state index in [0.717, 1.165) is 23.7 Å². The van der Waals surface area contributed by atoms with Crippen LogP contribution in [0.15, 0.2) is 42.5 Å². The van der Waals surface area contributed by atoms with Crippen molar-refractivity contribution in [1.29, 1.82) is 0 Å². The summed E-state index contributed by atoms with van der Waals surface area (Å²) >= 11 is 0. The zero-order chi connectivity index (χ0) is 23.7. The van der Waals surface area contributed by atoms with Gasteiger partial charge in [-0.1, -0.05) is 6.07 Å². The molecule has 2 saturated heterocycles. The molecule has 9 heteroatoms. The number of piperidine rings is 1. The fourth-order valence-corrected chi connectivity index (χ4v) is 4.64. The maximum Gasteiger partial charge on any atom is 0.325 e. The van der Waals surface area contributed by atoms with Gasteiger partial charge in [0.25, 0.3) is 5.91 Å². The summed E-state index contributed by atoms with van der Waals surface area (Å²) in [6, 6.07) is 12.2. The van der Waals surface area contributed by atoms with E-state index in [4.69, 9.17) is 9.47 Å². The summed E-state index contributed by atoms with van der Waals surface area (Å²) in [5.41, 5.74) is 1.00. The second kappa shape index (κ2) is 8.89. The molecule has 3 heterocycles. The lowest BCUT2D eigenvalue weighted by Crippen LogP contribution is -2.42. The summed E-state index contributed by atoms with van der Waals surface area (Å²) < 4.78 is 11.1. The quantitative estimate of drug-likeness (QED) is 0.660. The fraction of sp³-hybridized carbons (Fsp3) is 0.400. The van der Waals surface area contributed by atoms with Crippen molar-refractivity contribution >= 4 is 29.2 Å². The molecule has 3 aliphatic rings. The first-order valence-corrected chi connectivity index (χ1v) is 11.6. The molecule has 9 nitrogen and oxygen atoms in total. The number of imide groups is 1. The van der Waals surface area contributed by atoms with Crippen molar-refractivity contribution in [3.8, 4) is 11.5 Å². The van der Waals surface area contributed by atoms with Crippen LogP contribution in [-0.2, 0) is 15.1 Å². The molecule has 2 aromatic carbocycles. The van der Waals surface area contributed by atoms with Gasteiger partial charge in [-0.2, -0.15) is 0 Å². The fourth-order valence-electron chi connectivity index (χ4n) is 4.64. The molecule has 2 N–H and O–H groups in total. The minimum atomic E-state index is -1.30. The van der Waals surface area contributed by atoms with Crippen LogP contribution >= 0.6 is 0 Å². The van der Waals surface area contributed by atoms with Crippen LogP contribution in [0.4, 0.5) is 16.2 Å². The highest BCUT2D eigenvalue weighted by atomic mass is 16.6. The predicted octanol–water partition coefficient (Wildman–Crippen LogP) is 2.85. The third-order valence-electron chi connectivity index (χ3n) is 6.57. The summed E-state index contributed by atoms with van der Waals surface area (Å²) in [5.74, 6) is 0.180. The van der Waals surface area contributed by atoms with Gasteiger partial charge < -0.3 is 25.0 Å². The molecular formula is C25H28N4O5. The van der Waals surface area contributed by atoms with E-state index in [1.165, 1.54) is 19.3 Å². The highest BCUT2D eigenvalue weighted by Crippen LogP contribution is 2.36. The molecule has 0 spiro atoms. The van der Waals surface area contributed by atoms with Crippen LogP contribution in [0.2, 0.25) is 0 Å². The lowest BCUT2D eigenvalue weighted by Gasteiger charge is -2.28. The number of fused-ring (bicyclic) bond motifs is 1. The molecule has 0 aromatic heterocycles. The van der Waals surface area contributed by atoms with E-state index >= 15 is 0 Å². The van der Waals surface area contributed by atoms with Crippen molar-refractivity contribution in [3.63, 3.8) is 0 Å². The molecule has 3 aliphatic heterocycles. The van der Waals surface area contributed by atoms with Gasteiger partial charge in [0, 0.05) is 24.5 Å². The van der Waals surface area contributed by atoms with Gasteiger partial charge in [-0.05, 0) is 68.1 Å². The van der Waals surface area contributed by atoms with Crippen LogP contribution in [0.3, 0.4) is 0 Å². The number of urea groups is 1. The Balaban J connectivity index is 1.24. The van der Waals surface area contributed by atoms with Gasteiger partial charge in [0.15, 0.2) is 11.5 Å². The number of rotatable bonds is 5. The van der Waals surface area contributed by atoms with Gasteiger partial charge in [0.1, 0.15) is 25.3 Å². The van der Waals surface area contributed by atoms with Gasteiger partial charge in [-0.25, -0.2) is 4.79 Å². The van der Waals surface area contributed by atoms with Gasteiger partial charge in [-0.3, -0.25) is 14.5 Å². The Morgan fingerprint density at radius 3 is 2.44 bits per heavy atom. The van der Waals surface area contributed by atoms with Gasteiger partial charge >= 0.3 is 6.03 Å². The van der Waals surface area contributed by atoms with E-state index < -0.39 is 23.4 Å². The Kier molecular flexibility index (Phi) is 5.77. The number of ether oxygens (including phenoxy) is 2. The zero-order valence-corrected chi connectivity index (χ0v) is 19.1. The summed E-state index contributed by atoms with van der Waals surface area (Å²) in [6.07, 6.45) is 3.65. The maximum atomic E-state index is 13.2. The molecule has 2 aromatic rings. The van der Waals surface area contributed by atoms with Crippen LogP contribution in [-0.4, -0.2) is 55.6 Å². The minimum Gasteiger partial charge on any atom is -0.486 e. The Labute approximate surface area is 198 Å². The van der Waals surface area contributed by atoms with E-state index in [2.05, 4.69) is 15.5 Å². The zero-order valence-electron chi connectivity index (χ0n) is 19.1.